The van der Waals surface area contributed by atoms with Crippen LogP contribution in [0.1, 0.15) is 15.9 Å². The lowest BCUT2D eigenvalue weighted by Gasteiger charge is -2.06. The number of nitro groups is 1. The third kappa shape index (κ3) is 2.89. The molecule has 102 valence electrons. The molecule has 0 amide bonds. The van der Waals surface area contributed by atoms with Crippen LogP contribution in [0.2, 0.25) is 0 Å². The molecule has 0 aliphatic heterocycles. The molecule has 2 aromatic rings. The van der Waals surface area contributed by atoms with Gasteiger partial charge in [0.25, 0.3) is 5.69 Å². The van der Waals surface area contributed by atoms with Crippen molar-refractivity contribution in [3.63, 3.8) is 0 Å². The highest BCUT2D eigenvalue weighted by Crippen LogP contribution is 2.25. The van der Waals surface area contributed by atoms with Gasteiger partial charge in [-0.15, -0.1) is 0 Å². The van der Waals surface area contributed by atoms with E-state index in [1.54, 1.807) is 13.0 Å². The Morgan fingerprint density at radius 1 is 1.40 bits per heavy atom. The summed E-state index contributed by atoms with van der Waals surface area (Å²) in [6.07, 6.45) is 1.10. The molecule has 0 fully saturated rings. The summed E-state index contributed by atoms with van der Waals surface area (Å²) in [4.78, 5) is 24.8. The van der Waals surface area contributed by atoms with Crippen LogP contribution in [0.15, 0.2) is 36.5 Å². The summed E-state index contributed by atoms with van der Waals surface area (Å²) in [6, 6.07) is 7.32. The predicted octanol–water partition coefficient (Wildman–Crippen LogP) is 2.79. The van der Waals surface area contributed by atoms with Crippen LogP contribution in [0.3, 0.4) is 0 Å². The Morgan fingerprint density at radius 2 is 2.15 bits per heavy atom. The molecule has 0 bridgehead atoms. The maximum Gasteiger partial charge on any atom is 0.335 e. The van der Waals surface area contributed by atoms with E-state index in [4.69, 9.17) is 9.84 Å². The van der Waals surface area contributed by atoms with Crippen molar-refractivity contribution in [1.82, 2.24) is 4.98 Å². The molecular weight excluding hydrogens is 264 g/mol. The third-order valence-corrected chi connectivity index (χ3v) is 2.56. The zero-order chi connectivity index (χ0) is 14.7. The summed E-state index contributed by atoms with van der Waals surface area (Å²) in [5.41, 5.74) is 0.396. The molecule has 7 heteroatoms. The molecule has 0 aliphatic carbocycles. The molecule has 0 saturated carbocycles. The van der Waals surface area contributed by atoms with Gasteiger partial charge >= 0.3 is 5.97 Å². The van der Waals surface area contributed by atoms with Crippen molar-refractivity contribution >= 4 is 11.7 Å². The second kappa shape index (κ2) is 5.35. The maximum absolute atomic E-state index is 10.8. The van der Waals surface area contributed by atoms with Gasteiger partial charge in [0, 0.05) is 11.6 Å². The largest absolute Gasteiger partial charge is 0.478 e. The Labute approximate surface area is 113 Å². The molecule has 1 N–H and O–H groups in total. The van der Waals surface area contributed by atoms with Crippen LogP contribution in [-0.2, 0) is 0 Å². The number of aromatic nitrogens is 1. The summed E-state index contributed by atoms with van der Waals surface area (Å²) in [7, 11) is 0. The van der Waals surface area contributed by atoms with E-state index in [0.29, 0.717) is 11.3 Å². The molecule has 0 saturated heterocycles. The van der Waals surface area contributed by atoms with Gasteiger partial charge in [-0.05, 0) is 25.1 Å². The number of aromatic carboxylic acids is 1. The molecule has 2 rings (SSSR count). The molecule has 0 aliphatic rings. The SMILES string of the molecule is Cc1cc(Oc2cccc(C(=O)O)c2)ncc1[N+](=O)[O-]. The quantitative estimate of drug-likeness (QED) is 0.679. The fourth-order valence-corrected chi connectivity index (χ4v) is 1.58. The minimum Gasteiger partial charge on any atom is -0.478 e. The van der Waals surface area contributed by atoms with Crippen molar-refractivity contribution in [2.75, 3.05) is 0 Å². The first-order chi connectivity index (χ1) is 9.47. The lowest BCUT2D eigenvalue weighted by Crippen LogP contribution is -1.97. The van der Waals surface area contributed by atoms with E-state index in [-0.39, 0.29) is 17.1 Å². The van der Waals surface area contributed by atoms with E-state index in [1.807, 2.05) is 0 Å². The number of carboxylic acids is 1. The summed E-state index contributed by atoms with van der Waals surface area (Å²) < 4.78 is 5.39. The Hall–Kier alpha value is -2.96. The van der Waals surface area contributed by atoms with Crippen LogP contribution in [-0.4, -0.2) is 21.0 Å². The van der Waals surface area contributed by atoms with Crippen molar-refractivity contribution in [2.24, 2.45) is 0 Å². The van der Waals surface area contributed by atoms with Crippen LogP contribution in [0.4, 0.5) is 5.69 Å². The lowest BCUT2D eigenvalue weighted by molar-refractivity contribution is -0.385. The molecule has 0 unspecified atom stereocenters. The Balaban J connectivity index is 2.26. The van der Waals surface area contributed by atoms with Crippen molar-refractivity contribution in [3.8, 4) is 11.6 Å². The van der Waals surface area contributed by atoms with Gasteiger partial charge in [0.2, 0.25) is 5.88 Å². The number of hydrogen-bond acceptors (Lipinski definition) is 5. The van der Waals surface area contributed by atoms with E-state index in [2.05, 4.69) is 4.98 Å². The average Bonchev–Trinajstić information content (AvgIpc) is 2.38. The van der Waals surface area contributed by atoms with Gasteiger partial charge in [-0.1, -0.05) is 6.07 Å². The number of pyridine rings is 1. The molecule has 0 atom stereocenters. The van der Waals surface area contributed by atoms with Gasteiger partial charge in [-0.2, -0.15) is 0 Å². The lowest BCUT2D eigenvalue weighted by atomic mass is 10.2. The average molecular weight is 274 g/mol. The summed E-state index contributed by atoms with van der Waals surface area (Å²) >= 11 is 0. The minimum absolute atomic E-state index is 0.0844. The fraction of sp³-hybridized carbons (Fsp3) is 0.0769. The van der Waals surface area contributed by atoms with Gasteiger partial charge in [0.05, 0.1) is 10.5 Å². The topological polar surface area (TPSA) is 103 Å². The van der Waals surface area contributed by atoms with Gasteiger partial charge in [-0.3, -0.25) is 10.1 Å². The smallest absolute Gasteiger partial charge is 0.335 e. The standard InChI is InChI=1S/C13H10N2O5/c1-8-5-12(14-7-11(8)15(18)19)20-10-4-2-3-9(6-10)13(16)17/h2-7H,1H3,(H,16,17). The fourth-order valence-electron chi connectivity index (χ4n) is 1.58. The molecule has 0 radical (unpaired) electrons. The van der Waals surface area contributed by atoms with Crippen LogP contribution in [0.25, 0.3) is 0 Å². The van der Waals surface area contributed by atoms with Crippen LogP contribution in [0.5, 0.6) is 11.6 Å². The minimum atomic E-state index is -1.07. The first-order valence-corrected chi connectivity index (χ1v) is 5.59. The van der Waals surface area contributed by atoms with E-state index < -0.39 is 10.9 Å². The van der Waals surface area contributed by atoms with Crippen LogP contribution >= 0.6 is 0 Å². The van der Waals surface area contributed by atoms with Gasteiger partial charge in [0.1, 0.15) is 11.9 Å². The van der Waals surface area contributed by atoms with Crippen molar-refractivity contribution in [3.05, 3.63) is 57.8 Å². The monoisotopic (exact) mass is 274 g/mol. The molecular formula is C13H10N2O5. The molecule has 0 spiro atoms. The third-order valence-electron chi connectivity index (χ3n) is 2.56. The number of aryl methyl sites for hydroxylation is 1. The highest BCUT2D eigenvalue weighted by atomic mass is 16.6. The Kier molecular flexibility index (Phi) is 3.60. The van der Waals surface area contributed by atoms with Crippen LogP contribution in [0, 0.1) is 17.0 Å². The first-order valence-electron chi connectivity index (χ1n) is 5.59. The molecule has 20 heavy (non-hydrogen) atoms. The Morgan fingerprint density at radius 3 is 2.75 bits per heavy atom. The van der Waals surface area contributed by atoms with Crippen LogP contribution < -0.4 is 4.74 Å². The highest BCUT2D eigenvalue weighted by Gasteiger charge is 2.12. The normalized spacial score (nSPS) is 10.1. The van der Waals surface area contributed by atoms with Crippen molar-refractivity contribution < 1.29 is 19.6 Å². The molecule has 7 nitrogen and oxygen atoms in total. The second-order valence-corrected chi connectivity index (χ2v) is 4.00. The number of carbonyl (C=O) groups is 1. The predicted molar refractivity (Wildman–Crippen MR) is 69.1 cm³/mol. The maximum atomic E-state index is 10.8. The van der Waals surface area contributed by atoms with E-state index >= 15 is 0 Å². The number of benzene rings is 1. The van der Waals surface area contributed by atoms with E-state index in [9.17, 15) is 14.9 Å². The van der Waals surface area contributed by atoms with Gasteiger partial charge < -0.3 is 9.84 Å². The van der Waals surface area contributed by atoms with Gasteiger partial charge in [0.15, 0.2) is 0 Å². The number of carboxylic acid groups (broad SMARTS) is 1. The van der Waals surface area contributed by atoms with Crippen molar-refractivity contribution in [2.45, 2.75) is 6.92 Å². The number of rotatable bonds is 4. The number of ether oxygens (including phenoxy) is 1. The number of nitrogens with zero attached hydrogens (tertiary/aromatic N) is 2. The van der Waals surface area contributed by atoms with E-state index in [0.717, 1.165) is 6.20 Å². The first kappa shape index (κ1) is 13.5. The summed E-state index contributed by atoms with van der Waals surface area (Å²) in [6.45, 7) is 1.57. The Bertz CT molecular complexity index is 684. The van der Waals surface area contributed by atoms with Gasteiger partial charge in [-0.25, -0.2) is 9.78 Å². The van der Waals surface area contributed by atoms with E-state index in [1.165, 1.54) is 24.3 Å². The zero-order valence-corrected chi connectivity index (χ0v) is 10.4. The molecule has 1 heterocycles. The zero-order valence-electron chi connectivity index (χ0n) is 10.4. The summed E-state index contributed by atoms with van der Waals surface area (Å²) in [5, 5.41) is 19.5. The van der Waals surface area contributed by atoms with Crippen molar-refractivity contribution in [1.29, 1.82) is 0 Å². The second-order valence-electron chi connectivity index (χ2n) is 4.00. The molecule has 1 aromatic heterocycles. The highest BCUT2D eigenvalue weighted by molar-refractivity contribution is 5.88. The molecule has 1 aromatic carbocycles. The number of hydrogen-bond donors (Lipinski definition) is 1. The summed E-state index contributed by atoms with van der Waals surface area (Å²) in [5.74, 6) is -0.607.